The highest BCUT2D eigenvalue weighted by atomic mass is 79.9. The number of pyridine rings is 1. The molecule has 3 nitrogen and oxygen atoms in total. The van der Waals surface area contributed by atoms with Gasteiger partial charge in [-0.25, -0.2) is 4.98 Å². The average molecular weight is 352 g/mol. The van der Waals surface area contributed by atoms with Crippen LogP contribution >= 0.6 is 27.7 Å². The number of nitrogens with two attached hydrogens (primary N) is 1. The summed E-state index contributed by atoms with van der Waals surface area (Å²) in [6.07, 6.45) is 2.71. The second-order valence-electron chi connectivity index (χ2n) is 4.52. The lowest BCUT2D eigenvalue weighted by atomic mass is 10.1. The maximum absolute atomic E-state index is 5.72. The van der Waals surface area contributed by atoms with E-state index in [0.29, 0.717) is 11.9 Å². The van der Waals surface area contributed by atoms with E-state index in [4.69, 9.17) is 5.73 Å². The van der Waals surface area contributed by atoms with Crippen LogP contribution < -0.4 is 11.1 Å². The lowest BCUT2D eigenvalue weighted by molar-refractivity contribution is 0.617. The molecule has 0 bridgehead atoms. The van der Waals surface area contributed by atoms with Crippen LogP contribution in [0.15, 0.2) is 52.0 Å². The van der Waals surface area contributed by atoms with E-state index in [1.165, 1.54) is 10.5 Å². The number of nitrogens with zero attached hydrogens (tertiary/aromatic N) is 1. The van der Waals surface area contributed by atoms with Crippen molar-refractivity contribution >= 4 is 33.5 Å². The van der Waals surface area contributed by atoms with Gasteiger partial charge in [0.15, 0.2) is 0 Å². The van der Waals surface area contributed by atoms with Crippen molar-refractivity contribution in [1.82, 2.24) is 10.3 Å². The summed E-state index contributed by atoms with van der Waals surface area (Å²) >= 11 is 5.43. The molecule has 1 unspecified atom stereocenters. The fraction of sp³-hybridized carbons (Fsp3) is 0.267. The molecular weight excluding hydrogens is 334 g/mol. The van der Waals surface area contributed by atoms with E-state index in [-0.39, 0.29) is 0 Å². The Morgan fingerprint density at radius 3 is 2.85 bits per heavy atom. The van der Waals surface area contributed by atoms with E-state index in [9.17, 15) is 0 Å². The molecule has 1 atom stereocenters. The number of rotatable bonds is 6. The van der Waals surface area contributed by atoms with Crippen LogP contribution in [0.1, 0.15) is 5.56 Å². The molecule has 0 amide bonds. The average Bonchev–Trinajstić information content (AvgIpc) is 2.45. The molecule has 1 aromatic carbocycles. The largest absolute Gasteiger partial charge is 0.384 e. The summed E-state index contributed by atoms with van der Waals surface area (Å²) in [5.74, 6) is 1.58. The van der Waals surface area contributed by atoms with E-state index in [2.05, 4.69) is 44.4 Å². The molecule has 3 N–H and O–H groups in total. The Morgan fingerprint density at radius 2 is 2.15 bits per heavy atom. The van der Waals surface area contributed by atoms with Crippen LogP contribution in [-0.2, 0) is 6.42 Å². The molecule has 0 fully saturated rings. The molecule has 0 aliphatic heterocycles. The van der Waals surface area contributed by atoms with Gasteiger partial charge in [0.2, 0.25) is 0 Å². The highest BCUT2D eigenvalue weighted by Crippen LogP contribution is 2.27. The van der Waals surface area contributed by atoms with Crippen molar-refractivity contribution in [2.75, 3.05) is 18.5 Å². The maximum Gasteiger partial charge on any atom is 0.123 e. The molecular formula is C15H18BrN3S. The number of nitrogens with one attached hydrogen (secondary N) is 1. The van der Waals surface area contributed by atoms with Crippen molar-refractivity contribution in [3.8, 4) is 0 Å². The number of halogens is 1. The summed E-state index contributed by atoms with van der Waals surface area (Å²) in [7, 11) is 2.00. The molecule has 0 aliphatic carbocycles. The molecule has 20 heavy (non-hydrogen) atoms. The zero-order valence-corrected chi connectivity index (χ0v) is 13.7. The van der Waals surface area contributed by atoms with Crippen LogP contribution in [0.5, 0.6) is 0 Å². The van der Waals surface area contributed by atoms with Crippen molar-refractivity contribution in [2.24, 2.45) is 0 Å². The Morgan fingerprint density at radius 1 is 1.35 bits per heavy atom. The lowest BCUT2D eigenvalue weighted by Crippen LogP contribution is -2.30. The number of hydrogen-bond donors (Lipinski definition) is 2. The Balaban J connectivity index is 1.94. The molecule has 0 saturated carbocycles. The number of anilines is 1. The normalized spacial score (nSPS) is 12.3. The zero-order chi connectivity index (χ0) is 14.4. The molecule has 0 spiro atoms. The standard InChI is InChI=1S/C15H18BrN3S/c1-18-12(8-11-6-7-19-15(17)9-11)10-20-14-5-3-2-4-13(14)16/h2-7,9,12,18H,8,10H2,1H3,(H2,17,19). The Hall–Kier alpha value is -1.04. The van der Waals surface area contributed by atoms with Crippen LogP contribution in [-0.4, -0.2) is 23.8 Å². The van der Waals surface area contributed by atoms with Crippen molar-refractivity contribution in [3.63, 3.8) is 0 Å². The van der Waals surface area contributed by atoms with E-state index in [1.807, 2.05) is 37.0 Å². The van der Waals surface area contributed by atoms with Gasteiger partial charge < -0.3 is 11.1 Å². The van der Waals surface area contributed by atoms with Crippen LogP contribution in [0.3, 0.4) is 0 Å². The minimum atomic E-state index is 0.397. The summed E-state index contributed by atoms with van der Waals surface area (Å²) < 4.78 is 1.15. The fourth-order valence-corrected chi connectivity index (χ4v) is 3.58. The minimum absolute atomic E-state index is 0.397. The number of thioether (sulfide) groups is 1. The first-order chi connectivity index (χ1) is 9.69. The van der Waals surface area contributed by atoms with Gasteiger partial charge in [-0.05, 0) is 59.2 Å². The number of nitrogen functional groups attached to an aromatic ring is 1. The van der Waals surface area contributed by atoms with Crippen molar-refractivity contribution < 1.29 is 0 Å². The maximum atomic E-state index is 5.72. The Kier molecular flexibility index (Phi) is 5.88. The first-order valence-corrected chi connectivity index (χ1v) is 8.22. The predicted molar refractivity (Wildman–Crippen MR) is 90.1 cm³/mol. The lowest BCUT2D eigenvalue weighted by Gasteiger charge is -2.16. The third kappa shape index (κ3) is 4.51. The van der Waals surface area contributed by atoms with Gasteiger partial charge in [-0.1, -0.05) is 12.1 Å². The molecule has 5 heteroatoms. The molecule has 0 aliphatic rings. The monoisotopic (exact) mass is 351 g/mol. The summed E-state index contributed by atoms with van der Waals surface area (Å²) in [5.41, 5.74) is 6.93. The molecule has 0 saturated heterocycles. The Labute approximate surface area is 132 Å². The van der Waals surface area contributed by atoms with Gasteiger partial charge in [0.25, 0.3) is 0 Å². The Bertz CT molecular complexity index is 562. The van der Waals surface area contributed by atoms with Gasteiger partial charge in [-0.3, -0.25) is 0 Å². The third-order valence-electron chi connectivity index (χ3n) is 3.01. The van der Waals surface area contributed by atoms with Gasteiger partial charge >= 0.3 is 0 Å². The SMILES string of the molecule is CNC(CSc1ccccc1Br)Cc1ccnc(N)c1. The van der Waals surface area contributed by atoms with Gasteiger partial charge in [0.05, 0.1) is 0 Å². The summed E-state index contributed by atoms with van der Waals surface area (Å²) in [5, 5.41) is 3.36. The second-order valence-corrected chi connectivity index (χ2v) is 6.44. The van der Waals surface area contributed by atoms with Crippen molar-refractivity contribution in [2.45, 2.75) is 17.4 Å². The fourth-order valence-electron chi connectivity index (χ4n) is 1.90. The van der Waals surface area contributed by atoms with Crippen LogP contribution in [0.2, 0.25) is 0 Å². The van der Waals surface area contributed by atoms with Gasteiger partial charge in [-0.15, -0.1) is 11.8 Å². The number of aromatic nitrogens is 1. The molecule has 106 valence electrons. The smallest absolute Gasteiger partial charge is 0.123 e. The van der Waals surface area contributed by atoms with Crippen molar-refractivity contribution in [1.29, 1.82) is 0 Å². The molecule has 0 radical (unpaired) electrons. The first-order valence-electron chi connectivity index (χ1n) is 6.44. The molecule has 1 aromatic heterocycles. The molecule has 2 aromatic rings. The quantitative estimate of drug-likeness (QED) is 0.783. The predicted octanol–water partition coefficient (Wildman–Crippen LogP) is 3.35. The summed E-state index contributed by atoms with van der Waals surface area (Å²) in [6, 6.07) is 12.6. The summed E-state index contributed by atoms with van der Waals surface area (Å²) in [4.78, 5) is 5.29. The molecule has 2 rings (SSSR count). The topological polar surface area (TPSA) is 50.9 Å². The highest BCUT2D eigenvalue weighted by Gasteiger charge is 2.09. The van der Waals surface area contributed by atoms with E-state index >= 15 is 0 Å². The van der Waals surface area contributed by atoms with Crippen LogP contribution in [0.4, 0.5) is 5.82 Å². The van der Waals surface area contributed by atoms with Crippen LogP contribution in [0.25, 0.3) is 0 Å². The minimum Gasteiger partial charge on any atom is -0.384 e. The number of benzene rings is 1. The van der Waals surface area contributed by atoms with Crippen LogP contribution in [0, 0.1) is 0 Å². The zero-order valence-electron chi connectivity index (χ0n) is 11.3. The van der Waals surface area contributed by atoms with E-state index in [1.54, 1.807) is 6.20 Å². The number of likely N-dealkylation sites (N-methyl/N-ethyl adjacent to an activating group) is 1. The van der Waals surface area contributed by atoms with E-state index in [0.717, 1.165) is 16.6 Å². The van der Waals surface area contributed by atoms with Gasteiger partial charge in [0.1, 0.15) is 5.82 Å². The third-order valence-corrected chi connectivity index (χ3v) is 5.20. The second kappa shape index (κ2) is 7.67. The highest BCUT2D eigenvalue weighted by molar-refractivity contribution is 9.10. The van der Waals surface area contributed by atoms with Gasteiger partial charge in [0, 0.05) is 27.4 Å². The number of hydrogen-bond acceptors (Lipinski definition) is 4. The summed E-state index contributed by atoms with van der Waals surface area (Å²) in [6.45, 7) is 0. The van der Waals surface area contributed by atoms with E-state index < -0.39 is 0 Å². The first kappa shape index (κ1) is 15.4. The van der Waals surface area contributed by atoms with Crippen molar-refractivity contribution in [3.05, 3.63) is 52.6 Å². The molecule has 1 heterocycles. The van der Waals surface area contributed by atoms with Gasteiger partial charge in [-0.2, -0.15) is 0 Å².